The van der Waals surface area contributed by atoms with Crippen molar-refractivity contribution in [3.63, 3.8) is 0 Å². The van der Waals surface area contributed by atoms with E-state index in [1.165, 1.54) is 19.2 Å². The van der Waals surface area contributed by atoms with Crippen molar-refractivity contribution in [1.82, 2.24) is 39.2 Å². The second-order valence-electron chi connectivity index (χ2n) is 16.4. The molecule has 0 bridgehead atoms. The molecule has 3 aromatic carbocycles. The number of nitrogens with zero attached hydrogens (tertiary/aromatic N) is 9. The summed E-state index contributed by atoms with van der Waals surface area (Å²) in [4.78, 5) is 41.2. The third-order valence-corrected chi connectivity index (χ3v) is 13.7. The van der Waals surface area contributed by atoms with E-state index in [2.05, 4.69) is 35.2 Å². The Bertz CT molecular complexity index is 2730. The Labute approximate surface area is 375 Å². The van der Waals surface area contributed by atoms with Gasteiger partial charge in [0.25, 0.3) is 0 Å². The molecule has 2 unspecified atom stereocenters. The monoisotopic (exact) mass is 912 g/mol. The topological polar surface area (TPSA) is 214 Å². The molecule has 2 amide bonds. The number of benzene rings is 3. The summed E-state index contributed by atoms with van der Waals surface area (Å²) in [6.07, 6.45) is 7.36. The number of piperidine rings is 2. The van der Waals surface area contributed by atoms with Crippen LogP contribution < -0.4 is 25.0 Å². The zero-order chi connectivity index (χ0) is 45.8. The molecule has 5 aromatic rings. The minimum atomic E-state index is -4.00. The predicted molar refractivity (Wildman–Crippen MR) is 238 cm³/mol. The lowest BCUT2D eigenvalue weighted by Gasteiger charge is -2.33. The van der Waals surface area contributed by atoms with Gasteiger partial charge in [-0.3, -0.25) is 24.2 Å². The van der Waals surface area contributed by atoms with Gasteiger partial charge < -0.3 is 30.3 Å². The Kier molecular flexibility index (Phi) is 13.4. The molecule has 2 atom stereocenters. The molecule has 0 aliphatic carbocycles. The van der Waals surface area contributed by atoms with Gasteiger partial charge in [-0.1, -0.05) is 13.0 Å². The lowest BCUT2D eigenvalue weighted by Crippen LogP contribution is -2.49. The van der Waals surface area contributed by atoms with E-state index < -0.39 is 34.0 Å². The van der Waals surface area contributed by atoms with Gasteiger partial charge in [-0.2, -0.15) is 23.1 Å². The number of amides is 2. The lowest BCUT2D eigenvalue weighted by molar-refractivity contribution is -0.132. The van der Waals surface area contributed by atoms with Crippen molar-refractivity contribution in [2.75, 3.05) is 74.3 Å². The summed E-state index contributed by atoms with van der Waals surface area (Å²) >= 11 is 0. The number of nitrogens with one attached hydrogen (secondary N) is 3. The number of nitriles is 1. The number of carbonyl (C=O) groups excluding carboxylic acids is 2. The quantitative estimate of drug-likeness (QED) is 0.130. The van der Waals surface area contributed by atoms with E-state index >= 15 is 8.78 Å². The molecule has 2 aromatic heterocycles. The van der Waals surface area contributed by atoms with E-state index in [1.807, 2.05) is 17.2 Å². The molecular weight excluding hydrogens is 863 g/mol. The molecule has 4 N–H and O–H groups in total. The molecule has 5 heterocycles. The third-order valence-electron chi connectivity index (χ3n) is 12.1. The highest BCUT2D eigenvalue weighted by Crippen LogP contribution is 2.35. The van der Waals surface area contributed by atoms with Crippen LogP contribution in [0.5, 0.6) is 11.5 Å². The average molecular weight is 913 g/mol. The van der Waals surface area contributed by atoms with Crippen LogP contribution in [0.2, 0.25) is 0 Å². The number of carbonyl (C=O) groups is 2. The minimum Gasteiger partial charge on any atom is -0.453 e. The molecule has 3 aliphatic rings. The average Bonchev–Trinajstić information content (AvgIpc) is 3.66. The molecule has 8 rings (SSSR count). The van der Waals surface area contributed by atoms with Crippen LogP contribution in [0.4, 0.5) is 25.8 Å². The van der Waals surface area contributed by atoms with Crippen molar-refractivity contribution >= 4 is 50.1 Å². The molecule has 3 aliphatic heterocycles. The second kappa shape index (κ2) is 19.3. The summed E-state index contributed by atoms with van der Waals surface area (Å²) in [5, 5.41) is 29.6. The van der Waals surface area contributed by atoms with Gasteiger partial charge in [0.2, 0.25) is 11.8 Å². The Morgan fingerprint density at radius 1 is 1.00 bits per heavy atom. The van der Waals surface area contributed by atoms with E-state index in [0.29, 0.717) is 86.8 Å². The molecule has 3 fully saturated rings. The van der Waals surface area contributed by atoms with Gasteiger partial charge >= 0.3 is 10.2 Å². The highest BCUT2D eigenvalue weighted by Gasteiger charge is 2.29. The predicted octanol–water partition coefficient (Wildman–Crippen LogP) is 4.29. The molecule has 65 heavy (non-hydrogen) atoms. The summed E-state index contributed by atoms with van der Waals surface area (Å²) in [5.41, 5.74) is 2.44. The highest BCUT2D eigenvalue weighted by molar-refractivity contribution is 7.90. The summed E-state index contributed by atoms with van der Waals surface area (Å²) in [5.74, 6) is -1.33. The number of halogens is 2. The number of aromatic nitrogens is 4. The fraction of sp³-hybridized carbons (Fsp3) is 0.409. The van der Waals surface area contributed by atoms with E-state index in [9.17, 15) is 28.4 Å². The smallest absolute Gasteiger partial charge is 0.301 e. The van der Waals surface area contributed by atoms with Crippen LogP contribution in [0, 0.1) is 23.0 Å². The first kappa shape index (κ1) is 45.1. The van der Waals surface area contributed by atoms with Crippen LogP contribution in [0.15, 0.2) is 67.1 Å². The van der Waals surface area contributed by atoms with Gasteiger partial charge in [-0.15, -0.1) is 0 Å². The normalized spacial score (nSPS) is 18.9. The summed E-state index contributed by atoms with van der Waals surface area (Å²) in [7, 11) is -2.63. The van der Waals surface area contributed by atoms with Crippen molar-refractivity contribution in [1.29, 1.82) is 5.26 Å². The molecule has 0 radical (unpaired) electrons. The zero-order valence-corrected chi connectivity index (χ0v) is 36.8. The van der Waals surface area contributed by atoms with Crippen LogP contribution in [-0.4, -0.2) is 131 Å². The van der Waals surface area contributed by atoms with E-state index in [4.69, 9.17) is 9.72 Å². The number of aliphatic hydroxyl groups excluding tert-OH is 1. The van der Waals surface area contributed by atoms with Crippen LogP contribution in [0.3, 0.4) is 0 Å². The number of aliphatic hydroxyl groups is 1. The summed E-state index contributed by atoms with van der Waals surface area (Å²) in [6, 6.07) is 13.2. The van der Waals surface area contributed by atoms with Crippen molar-refractivity contribution in [3.05, 3.63) is 89.9 Å². The standard InChI is InChI=1S/C44H50F2N12O6S/c1-3-54(2)65(62,63)53-36-10-8-34(45)43(33(36)23-47)64-31-6-9-37-39(22-31)51-40(25-48-37)58-26-30(24-49-58)56-15-4-16-57(20-19-56)42(60)27-55-17-13-28(14-18-55)32-7-5-29(21-35(32)46)50-38-11-12-41(59)52-44(38)61/h5-10,21-22,24-26,28,38,41,50,53,59H,3-4,11-20,27H2,1-2H3,(H,52,61). The van der Waals surface area contributed by atoms with Crippen molar-refractivity contribution in [2.24, 2.45) is 0 Å². The lowest BCUT2D eigenvalue weighted by atomic mass is 9.89. The molecule has 342 valence electrons. The molecule has 18 nitrogen and oxygen atoms in total. The van der Waals surface area contributed by atoms with Crippen molar-refractivity contribution in [2.45, 2.75) is 57.2 Å². The highest BCUT2D eigenvalue weighted by atomic mass is 32.2. The van der Waals surface area contributed by atoms with Gasteiger partial charge in [0.05, 0.1) is 47.5 Å². The van der Waals surface area contributed by atoms with Gasteiger partial charge in [-0.25, -0.2) is 18.4 Å². The van der Waals surface area contributed by atoms with Crippen LogP contribution in [0.25, 0.3) is 16.9 Å². The Morgan fingerprint density at radius 3 is 2.57 bits per heavy atom. The SMILES string of the molecule is CCN(C)S(=O)(=O)Nc1ccc(F)c(Oc2ccc3ncc(-n4cc(N5CCCN(C(=O)CN6CCC(c7ccc(NC8CCC(O)NC8=O)cc7F)CC6)CC5)cn4)nc3c2)c1C#N. The second-order valence-corrected chi connectivity index (χ2v) is 18.1. The maximum atomic E-state index is 15.3. The zero-order valence-electron chi connectivity index (χ0n) is 36.0. The van der Waals surface area contributed by atoms with Gasteiger partial charge in [0.15, 0.2) is 17.4 Å². The van der Waals surface area contributed by atoms with E-state index in [-0.39, 0.29) is 47.1 Å². The maximum absolute atomic E-state index is 15.3. The number of rotatable bonds is 13. The van der Waals surface area contributed by atoms with Crippen molar-refractivity contribution in [3.8, 4) is 23.4 Å². The largest absolute Gasteiger partial charge is 0.453 e. The molecule has 21 heteroatoms. The number of hydrogen-bond acceptors (Lipinski definition) is 13. The number of hydrogen-bond donors (Lipinski definition) is 4. The van der Waals surface area contributed by atoms with Crippen LogP contribution >= 0.6 is 0 Å². The fourth-order valence-corrected chi connectivity index (χ4v) is 9.26. The fourth-order valence-electron chi connectivity index (χ4n) is 8.31. The van der Waals surface area contributed by atoms with Gasteiger partial charge in [-0.05, 0) is 93.1 Å². The number of ether oxygens (including phenoxy) is 1. The molecular formula is C44H50F2N12O6S. The van der Waals surface area contributed by atoms with Gasteiger partial charge in [0.1, 0.15) is 35.5 Å². The Morgan fingerprint density at radius 2 is 1.82 bits per heavy atom. The number of anilines is 3. The first-order valence-corrected chi connectivity index (χ1v) is 23.0. The third kappa shape index (κ3) is 10.3. The maximum Gasteiger partial charge on any atom is 0.301 e. The van der Waals surface area contributed by atoms with Gasteiger partial charge in [0, 0.05) is 51.5 Å². The molecule has 3 saturated heterocycles. The first-order chi connectivity index (χ1) is 31.3. The van der Waals surface area contributed by atoms with Crippen molar-refractivity contribution < 1.29 is 36.6 Å². The van der Waals surface area contributed by atoms with E-state index in [1.54, 1.807) is 48.3 Å². The Hall–Kier alpha value is -6.47. The van der Waals surface area contributed by atoms with Crippen LogP contribution in [-0.2, 0) is 19.8 Å². The molecule has 0 spiro atoms. The summed E-state index contributed by atoms with van der Waals surface area (Å²) < 4.78 is 66.5. The first-order valence-electron chi connectivity index (χ1n) is 21.5. The Balaban J connectivity index is 0.849. The molecule has 0 saturated carbocycles. The minimum absolute atomic E-state index is 0.0219. The number of fused-ring (bicyclic) bond motifs is 1. The van der Waals surface area contributed by atoms with Crippen LogP contribution in [0.1, 0.15) is 56.1 Å². The van der Waals surface area contributed by atoms with E-state index in [0.717, 1.165) is 41.4 Å². The summed E-state index contributed by atoms with van der Waals surface area (Å²) in [6.45, 7) is 5.91. The number of likely N-dealkylation sites (tertiary alicyclic amines) is 1.